The van der Waals surface area contributed by atoms with Gasteiger partial charge in [0.05, 0.1) is 25.7 Å². The van der Waals surface area contributed by atoms with Gasteiger partial charge in [-0.25, -0.2) is 0 Å². The molecule has 2 aromatic carbocycles. The molecule has 0 spiro atoms. The van der Waals surface area contributed by atoms with Gasteiger partial charge >= 0.3 is 0 Å². The number of amides is 1. The molecule has 10 nitrogen and oxygen atoms in total. The van der Waals surface area contributed by atoms with E-state index in [0.717, 1.165) is 0 Å². The van der Waals surface area contributed by atoms with Crippen LogP contribution in [0.3, 0.4) is 0 Å². The zero-order chi connectivity index (χ0) is 26.1. The van der Waals surface area contributed by atoms with Crippen molar-refractivity contribution in [2.75, 3.05) is 13.7 Å². The summed E-state index contributed by atoms with van der Waals surface area (Å²) in [5.74, 6) is -0.360. The lowest BCUT2D eigenvalue weighted by Crippen LogP contribution is -2.64. The Morgan fingerprint density at radius 2 is 1.81 bits per heavy atom. The lowest BCUT2D eigenvalue weighted by molar-refractivity contribution is -0.253. The molecule has 5 N–H and O–H groups in total. The lowest BCUT2D eigenvalue weighted by Gasteiger charge is -2.40. The number of nitrogens with zero attached hydrogens (tertiary/aromatic N) is 1. The van der Waals surface area contributed by atoms with Crippen LogP contribution in [-0.4, -0.2) is 81.2 Å². The van der Waals surface area contributed by atoms with Crippen molar-refractivity contribution in [3.8, 4) is 5.75 Å². The number of hydrogen-bond acceptors (Lipinski definition) is 8. The van der Waals surface area contributed by atoms with Gasteiger partial charge in [-0.1, -0.05) is 11.6 Å². The van der Waals surface area contributed by atoms with Crippen molar-refractivity contribution in [3.05, 3.63) is 64.3 Å². The Balaban J connectivity index is 1.67. The minimum absolute atomic E-state index is 0.203. The molecule has 2 heterocycles. The fraction of sp³-hybridized carbons (Fsp3) is 0.360. The van der Waals surface area contributed by atoms with E-state index >= 15 is 0 Å². The zero-order valence-corrected chi connectivity index (χ0v) is 20.3. The van der Waals surface area contributed by atoms with Crippen molar-refractivity contribution in [1.82, 2.24) is 9.88 Å². The molecule has 192 valence electrons. The fourth-order valence-corrected chi connectivity index (χ4v) is 4.57. The minimum atomic E-state index is -1.64. The highest BCUT2D eigenvalue weighted by Crippen LogP contribution is 2.31. The van der Waals surface area contributed by atoms with E-state index in [1.165, 1.54) is 11.7 Å². The van der Waals surface area contributed by atoms with Crippen molar-refractivity contribution < 1.29 is 39.5 Å². The molecule has 1 fully saturated rings. The number of ether oxygens (including phenoxy) is 2. The number of benzene rings is 2. The Hall–Kier alpha value is -2.99. The number of nitrogens with one attached hydrogen (secondary N) is 1. The van der Waals surface area contributed by atoms with Crippen LogP contribution in [-0.2, 0) is 16.0 Å². The number of aromatic nitrogens is 1. The van der Waals surface area contributed by atoms with E-state index in [-0.39, 0.29) is 12.3 Å². The molecule has 36 heavy (non-hydrogen) atoms. The first-order chi connectivity index (χ1) is 17.2. The summed E-state index contributed by atoms with van der Waals surface area (Å²) in [6.07, 6.45) is -6.10. The van der Waals surface area contributed by atoms with E-state index in [4.69, 9.17) is 21.1 Å². The van der Waals surface area contributed by atoms with Gasteiger partial charge in [0.1, 0.15) is 30.1 Å². The first kappa shape index (κ1) is 26.1. The van der Waals surface area contributed by atoms with Gasteiger partial charge in [-0.15, -0.1) is 0 Å². The molecule has 5 atom stereocenters. The van der Waals surface area contributed by atoms with E-state index in [1.54, 1.807) is 49.4 Å². The average molecular weight is 519 g/mol. The number of hydrogen-bond donors (Lipinski definition) is 5. The van der Waals surface area contributed by atoms with Gasteiger partial charge in [0.15, 0.2) is 6.29 Å². The summed E-state index contributed by atoms with van der Waals surface area (Å²) >= 11 is 5.96. The van der Waals surface area contributed by atoms with Crippen LogP contribution in [0.4, 0.5) is 0 Å². The maximum absolute atomic E-state index is 13.4. The molecule has 3 aromatic rings. The molecule has 1 aliphatic heterocycles. The second kappa shape index (κ2) is 10.6. The quantitative estimate of drug-likeness (QED) is 0.321. The van der Waals surface area contributed by atoms with Gasteiger partial charge in [-0.2, -0.15) is 0 Å². The number of rotatable bonds is 6. The molecule has 0 aliphatic carbocycles. The van der Waals surface area contributed by atoms with Gasteiger partial charge in [-0.05, 0) is 55.0 Å². The first-order valence-electron chi connectivity index (χ1n) is 11.2. The Kier molecular flexibility index (Phi) is 7.65. The maximum Gasteiger partial charge on any atom is 0.262 e. The van der Waals surface area contributed by atoms with Gasteiger partial charge in [0, 0.05) is 21.7 Å². The van der Waals surface area contributed by atoms with Gasteiger partial charge in [-0.3, -0.25) is 14.2 Å². The van der Waals surface area contributed by atoms with Gasteiger partial charge < -0.3 is 35.2 Å². The predicted molar refractivity (Wildman–Crippen MR) is 130 cm³/mol. The van der Waals surface area contributed by atoms with Crippen LogP contribution in [0, 0.1) is 6.92 Å². The predicted octanol–water partition coefficient (Wildman–Crippen LogP) is 0.759. The minimum Gasteiger partial charge on any atom is -0.497 e. The third-order valence-electron chi connectivity index (χ3n) is 6.40. The van der Waals surface area contributed by atoms with Crippen LogP contribution in [0.1, 0.15) is 21.6 Å². The molecule has 11 heteroatoms. The van der Waals surface area contributed by atoms with Crippen LogP contribution >= 0.6 is 11.6 Å². The highest BCUT2D eigenvalue weighted by Gasteiger charge is 2.44. The van der Waals surface area contributed by atoms with Crippen LogP contribution in [0.2, 0.25) is 5.02 Å². The summed E-state index contributed by atoms with van der Waals surface area (Å²) in [4.78, 5) is 26.4. The van der Waals surface area contributed by atoms with Crippen molar-refractivity contribution in [2.45, 2.75) is 44.0 Å². The molecule has 1 saturated heterocycles. The number of aliphatic hydroxyl groups is 4. The Morgan fingerprint density at radius 3 is 2.44 bits per heavy atom. The number of carbonyl (C=O) groups excluding carboxylic acids is 2. The van der Waals surface area contributed by atoms with Crippen molar-refractivity contribution >= 4 is 34.3 Å². The van der Waals surface area contributed by atoms with Gasteiger partial charge in [0.2, 0.25) is 5.91 Å². The van der Waals surface area contributed by atoms with E-state index in [2.05, 4.69) is 5.32 Å². The topological polar surface area (TPSA) is 150 Å². The zero-order valence-electron chi connectivity index (χ0n) is 19.6. The fourth-order valence-electron chi connectivity index (χ4n) is 4.45. The SMILES string of the molecule is COc1ccc2c(c1)c(CC(=O)N[C@@H]1[C@@H](O)[C@H](O)[C@@H](CO)O[C@@H]1O)c(C)n2C(=O)c1ccc(Cl)cc1. The van der Waals surface area contributed by atoms with Crippen molar-refractivity contribution in [1.29, 1.82) is 0 Å². The summed E-state index contributed by atoms with van der Waals surface area (Å²) in [6, 6.07) is 10.3. The standard InChI is InChI=1S/C25H27ClN2O8/c1-12-16(10-20(30)27-21-23(32)22(31)19(11-29)36-25(21)34)17-9-15(35-2)7-8-18(17)28(12)24(33)13-3-5-14(26)6-4-13/h3-9,19,21-23,25,29,31-32,34H,10-11H2,1-2H3,(H,27,30)/t19-,21-,22-,23-,25+/m1/s1. The summed E-state index contributed by atoms with van der Waals surface area (Å²) in [6.45, 7) is 1.10. The molecule has 0 radical (unpaired) electrons. The monoisotopic (exact) mass is 518 g/mol. The highest BCUT2D eigenvalue weighted by molar-refractivity contribution is 6.30. The van der Waals surface area contributed by atoms with E-state index in [9.17, 15) is 30.0 Å². The number of carbonyl (C=O) groups is 2. The smallest absolute Gasteiger partial charge is 0.262 e. The Bertz CT molecular complexity index is 1280. The Morgan fingerprint density at radius 1 is 1.11 bits per heavy atom. The number of methoxy groups -OCH3 is 1. The molecule has 0 bridgehead atoms. The lowest BCUT2D eigenvalue weighted by atomic mass is 9.96. The van der Waals surface area contributed by atoms with Crippen molar-refractivity contribution in [2.24, 2.45) is 0 Å². The van der Waals surface area contributed by atoms with Crippen molar-refractivity contribution in [3.63, 3.8) is 0 Å². The third kappa shape index (κ3) is 4.83. The molecule has 0 unspecified atom stereocenters. The number of halogens is 1. The third-order valence-corrected chi connectivity index (χ3v) is 6.65. The van der Waals surface area contributed by atoms with E-state index < -0.39 is 43.2 Å². The molecule has 0 saturated carbocycles. The summed E-state index contributed by atoms with van der Waals surface area (Å²) in [5, 5.41) is 43.5. The summed E-state index contributed by atoms with van der Waals surface area (Å²) in [7, 11) is 1.51. The second-order valence-electron chi connectivity index (χ2n) is 8.59. The summed E-state index contributed by atoms with van der Waals surface area (Å²) in [5.41, 5.74) is 2.04. The molecule has 4 rings (SSSR count). The van der Waals surface area contributed by atoms with Crippen LogP contribution < -0.4 is 10.1 Å². The molecular weight excluding hydrogens is 492 g/mol. The maximum atomic E-state index is 13.4. The Labute approximate surface area is 211 Å². The largest absolute Gasteiger partial charge is 0.497 e. The van der Waals surface area contributed by atoms with Gasteiger partial charge in [0.25, 0.3) is 5.91 Å². The summed E-state index contributed by atoms with van der Waals surface area (Å²) < 4.78 is 11.9. The van der Waals surface area contributed by atoms with Crippen LogP contribution in [0.25, 0.3) is 10.9 Å². The number of fused-ring (bicyclic) bond motifs is 1. The molecular formula is C25H27ClN2O8. The number of aliphatic hydroxyl groups excluding tert-OH is 4. The van der Waals surface area contributed by atoms with Crippen LogP contribution in [0.5, 0.6) is 5.75 Å². The second-order valence-corrected chi connectivity index (χ2v) is 9.03. The van der Waals surface area contributed by atoms with E-state index in [1.807, 2.05) is 0 Å². The van der Waals surface area contributed by atoms with E-state index in [0.29, 0.717) is 38.5 Å². The first-order valence-corrected chi connectivity index (χ1v) is 11.6. The molecule has 1 aromatic heterocycles. The highest BCUT2D eigenvalue weighted by atomic mass is 35.5. The molecule has 1 amide bonds. The molecule has 1 aliphatic rings. The van der Waals surface area contributed by atoms with Crippen LogP contribution in [0.15, 0.2) is 42.5 Å². The normalized spacial score (nSPS) is 24.0. The average Bonchev–Trinajstić information content (AvgIpc) is 3.14.